The number of aliphatic imine (C=N–C) groups is 1. The molecule has 0 saturated carbocycles. The molecule has 29 heavy (non-hydrogen) atoms. The van der Waals surface area contributed by atoms with E-state index in [1.807, 2.05) is 13.1 Å². The van der Waals surface area contributed by atoms with Crippen molar-refractivity contribution in [3.63, 3.8) is 0 Å². The maximum Gasteiger partial charge on any atom is 0.305 e. The molecule has 7 atom stereocenters. The Morgan fingerprint density at radius 3 is 2.48 bits per heavy atom. The van der Waals surface area contributed by atoms with Crippen molar-refractivity contribution >= 4 is 12.2 Å². The number of carboxylic acid groups (broad SMARTS) is 1. The summed E-state index contributed by atoms with van der Waals surface area (Å²) in [6.45, 7) is 3.70. The Morgan fingerprint density at radius 1 is 1.17 bits per heavy atom. The standard InChI is InChI=1S/C21H39N3O5/c1-15-20(27)13-19(24-11-10-22-14-24)18(23-15)9-8-16(25)6-4-2-3-5-7-17(26)12-21(28)29/h10,15-20,23,25-27H,2-9,11-14H2,1H3,(H,28,29)/p+1/t15-,16+,17+,18+,19-,20+/m0/s1. The highest BCUT2D eigenvalue weighted by atomic mass is 16.4. The normalized spacial score (nSPS) is 31.7. The van der Waals surface area contributed by atoms with Gasteiger partial charge in [-0.3, -0.25) is 4.79 Å². The molecule has 0 aliphatic carbocycles. The van der Waals surface area contributed by atoms with Gasteiger partial charge in [0.05, 0.1) is 37.0 Å². The molecule has 0 aromatic rings. The summed E-state index contributed by atoms with van der Waals surface area (Å²) in [4.78, 5) is 16.2. The maximum atomic E-state index is 10.5. The Bertz CT molecular complexity index is 511. The van der Waals surface area contributed by atoms with Crippen LogP contribution in [-0.2, 0) is 4.79 Å². The maximum absolute atomic E-state index is 10.5. The van der Waals surface area contributed by atoms with E-state index < -0.39 is 12.1 Å². The number of unbranched alkanes of at least 4 members (excludes halogenated alkanes) is 3. The van der Waals surface area contributed by atoms with Crippen LogP contribution in [0.3, 0.4) is 0 Å². The fraction of sp³-hybridized carbons (Fsp3) is 0.905. The van der Waals surface area contributed by atoms with Crippen molar-refractivity contribution in [2.75, 3.05) is 13.2 Å². The first-order chi connectivity index (χ1) is 13.9. The van der Waals surface area contributed by atoms with Gasteiger partial charge in [-0.1, -0.05) is 25.7 Å². The lowest BCUT2D eigenvalue weighted by molar-refractivity contribution is -0.914. The van der Waals surface area contributed by atoms with Crippen LogP contribution in [0.2, 0.25) is 0 Å². The van der Waals surface area contributed by atoms with E-state index in [0.717, 1.165) is 64.6 Å². The van der Waals surface area contributed by atoms with Gasteiger partial charge in [0.15, 0.2) is 6.67 Å². The zero-order valence-corrected chi connectivity index (χ0v) is 17.7. The third kappa shape index (κ3) is 8.68. The molecule has 1 saturated heterocycles. The Balaban J connectivity index is 1.60. The van der Waals surface area contributed by atoms with Gasteiger partial charge in [0.2, 0.25) is 0 Å². The van der Waals surface area contributed by atoms with Crippen LogP contribution in [0.4, 0.5) is 0 Å². The number of quaternary nitrogens is 1. The third-order valence-corrected chi connectivity index (χ3v) is 6.38. The highest BCUT2D eigenvalue weighted by Gasteiger charge is 2.40. The second-order valence-electron chi connectivity index (χ2n) is 8.83. The van der Waals surface area contributed by atoms with Gasteiger partial charge in [-0.15, -0.1) is 0 Å². The van der Waals surface area contributed by atoms with Crippen molar-refractivity contribution in [1.82, 2.24) is 5.32 Å². The number of hydrogen-bond donors (Lipinski definition) is 6. The van der Waals surface area contributed by atoms with Crippen LogP contribution in [0, 0.1) is 0 Å². The number of carbonyl (C=O) groups is 1. The summed E-state index contributed by atoms with van der Waals surface area (Å²) in [6.07, 6.45) is 7.80. The molecule has 0 aromatic carbocycles. The lowest BCUT2D eigenvalue weighted by Gasteiger charge is -2.41. The predicted octanol–water partition coefficient (Wildman–Crippen LogP) is -0.290. The number of carboxylic acids is 1. The Kier molecular flexibility index (Phi) is 10.5. The Hall–Kier alpha value is -1.06. The van der Waals surface area contributed by atoms with E-state index in [1.54, 1.807) is 0 Å². The number of rotatable bonds is 13. The van der Waals surface area contributed by atoms with Crippen LogP contribution in [0.25, 0.3) is 0 Å². The van der Waals surface area contributed by atoms with E-state index in [9.17, 15) is 20.1 Å². The minimum atomic E-state index is -0.960. The molecule has 1 fully saturated rings. The average Bonchev–Trinajstić information content (AvgIpc) is 3.19. The van der Waals surface area contributed by atoms with Gasteiger partial charge in [-0.2, -0.15) is 0 Å². The molecule has 8 heteroatoms. The van der Waals surface area contributed by atoms with Gasteiger partial charge < -0.3 is 30.6 Å². The third-order valence-electron chi connectivity index (χ3n) is 6.38. The number of nitrogens with zero attached hydrogens (tertiary/aromatic N) is 1. The number of piperidine rings is 1. The smallest absolute Gasteiger partial charge is 0.305 e. The lowest BCUT2D eigenvalue weighted by Crippen LogP contribution is -3.16. The molecule has 0 spiro atoms. The summed E-state index contributed by atoms with van der Waals surface area (Å²) in [5.74, 6) is -0.960. The van der Waals surface area contributed by atoms with Gasteiger partial charge in [-0.05, 0) is 32.6 Å². The number of nitrogens with one attached hydrogen (secondary N) is 2. The van der Waals surface area contributed by atoms with Crippen molar-refractivity contribution in [3.05, 3.63) is 0 Å². The van der Waals surface area contributed by atoms with E-state index in [1.165, 1.54) is 4.90 Å². The molecule has 2 aliphatic rings. The van der Waals surface area contributed by atoms with E-state index >= 15 is 0 Å². The number of hydrogen-bond acceptors (Lipinski definition) is 6. The summed E-state index contributed by atoms with van der Waals surface area (Å²) in [5, 5.41) is 42.4. The van der Waals surface area contributed by atoms with Crippen molar-refractivity contribution in [1.29, 1.82) is 0 Å². The lowest BCUT2D eigenvalue weighted by atomic mass is 9.87. The Labute approximate surface area is 174 Å². The van der Waals surface area contributed by atoms with Gasteiger partial charge >= 0.3 is 5.97 Å². The first kappa shape index (κ1) is 24.2. The molecular weight excluding hydrogens is 374 g/mol. The monoisotopic (exact) mass is 414 g/mol. The van der Waals surface area contributed by atoms with Gasteiger partial charge in [-0.25, -0.2) is 4.99 Å². The molecule has 0 amide bonds. The zero-order chi connectivity index (χ0) is 21.2. The quantitative estimate of drug-likeness (QED) is 0.230. The van der Waals surface area contributed by atoms with E-state index in [4.69, 9.17) is 5.11 Å². The number of aliphatic hydroxyl groups excluding tert-OH is 3. The molecule has 168 valence electrons. The summed E-state index contributed by atoms with van der Waals surface area (Å²) in [5.41, 5.74) is 0. The molecular formula is C21H40N3O5+. The van der Waals surface area contributed by atoms with E-state index in [-0.39, 0.29) is 30.7 Å². The minimum Gasteiger partial charge on any atom is -0.481 e. The molecule has 0 radical (unpaired) electrons. The summed E-state index contributed by atoms with van der Waals surface area (Å²) in [7, 11) is 0. The largest absolute Gasteiger partial charge is 0.481 e. The van der Waals surface area contributed by atoms with Crippen LogP contribution in [0.15, 0.2) is 4.99 Å². The van der Waals surface area contributed by atoms with Gasteiger partial charge in [0, 0.05) is 12.5 Å². The summed E-state index contributed by atoms with van der Waals surface area (Å²) in [6, 6.07) is 0.691. The van der Waals surface area contributed by atoms with E-state index in [2.05, 4.69) is 10.3 Å². The Morgan fingerprint density at radius 2 is 1.86 bits per heavy atom. The minimum absolute atomic E-state index is 0.0767. The molecule has 6 N–H and O–H groups in total. The van der Waals surface area contributed by atoms with Crippen LogP contribution in [0.1, 0.15) is 71.1 Å². The van der Waals surface area contributed by atoms with Gasteiger partial charge in [0.1, 0.15) is 12.6 Å². The fourth-order valence-corrected chi connectivity index (χ4v) is 4.56. The second-order valence-corrected chi connectivity index (χ2v) is 8.83. The molecule has 0 aromatic heterocycles. The zero-order valence-electron chi connectivity index (χ0n) is 17.7. The summed E-state index contributed by atoms with van der Waals surface area (Å²) < 4.78 is 0. The highest BCUT2D eigenvalue weighted by molar-refractivity contribution is 5.67. The predicted molar refractivity (Wildman–Crippen MR) is 111 cm³/mol. The first-order valence-corrected chi connectivity index (χ1v) is 11.2. The van der Waals surface area contributed by atoms with Crippen molar-refractivity contribution in [2.45, 2.75) is 108 Å². The average molecular weight is 415 g/mol. The van der Waals surface area contributed by atoms with Crippen molar-refractivity contribution in [3.8, 4) is 0 Å². The topological polar surface area (TPSA) is 127 Å². The van der Waals surface area contributed by atoms with Gasteiger partial charge in [0.25, 0.3) is 0 Å². The first-order valence-electron chi connectivity index (χ1n) is 11.2. The van der Waals surface area contributed by atoms with Crippen LogP contribution in [-0.4, -0.2) is 82.3 Å². The SMILES string of the molecule is C[C@@H]1N[C@H](CC[C@H](O)CCCCCC[C@@H](O)CC(=O)O)[C@@H]([NH+]2CC=NC2)C[C@H]1O. The second kappa shape index (κ2) is 12.6. The molecule has 2 heterocycles. The van der Waals surface area contributed by atoms with E-state index in [0.29, 0.717) is 12.5 Å². The number of aliphatic carboxylic acids is 1. The van der Waals surface area contributed by atoms with Crippen LogP contribution < -0.4 is 10.2 Å². The van der Waals surface area contributed by atoms with Crippen LogP contribution >= 0.6 is 0 Å². The molecule has 0 bridgehead atoms. The molecule has 2 aliphatic heterocycles. The van der Waals surface area contributed by atoms with Crippen molar-refractivity contribution in [2.24, 2.45) is 4.99 Å². The fourth-order valence-electron chi connectivity index (χ4n) is 4.56. The van der Waals surface area contributed by atoms with Crippen molar-refractivity contribution < 1.29 is 30.1 Å². The molecule has 8 nitrogen and oxygen atoms in total. The van der Waals surface area contributed by atoms with Crippen LogP contribution in [0.5, 0.6) is 0 Å². The molecule has 2 rings (SSSR count). The molecule has 1 unspecified atom stereocenters. The highest BCUT2D eigenvalue weighted by Crippen LogP contribution is 2.19. The summed E-state index contributed by atoms with van der Waals surface area (Å²) >= 11 is 0. The number of aliphatic hydroxyl groups is 3.